The zero-order valence-electron chi connectivity index (χ0n) is 17.2. The number of fused-ring (bicyclic) bond motifs is 1. The van der Waals surface area contributed by atoms with Gasteiger partial charge in [-0.2, -0.15) is 13.2 Å². The average molecular weight is 433 g/mol. The van der Waals surface area contributed by atoms with Crippen molar-refractivity contribution in [3.05, 3.63) is 52.8 Å². The zero-order chi connectivity index (χ0) is 22.2. The molecule has 1 aromatic carbocycles. The number of piperidine rings is 1. The van der Waals surface area contributed by atoms with Crippen LogP contribution in [0.15, 0.2) is 34.9 Å². The summed E-state index contributed by atoms with van der Waals surface area (Å²) in [6.07, 6.45) is -3.12. The molecule has 0 aliphatic carbocycles. The number of benzene rings is 1. The molecule has 1 fully saturated rings. The normalized spacial score (nSPS) is 17.2. The number of likely N-dealkylation sites (tertiary alicyclic amines) is 1. The predicted molar refractivity (Wildman–Crippen MR) is 107 cm³/mol. The number of halogens is 3. The first-order valence-electron chi connectivity index (χ1n) is 10.0. The van der Waals surface area contributed by atoms with E-state index in [-0.39, 0.29) is 47.3 Å². The zero-order valence-corrected chi connectivity index (χ0v) is 17.2. The first-order valence-corrected chi connectivity index (χ1v) is 10.0. The van der Waals surface area contributed by atoms with Gasteiger partial charge in [0.2, 0.25) is 5.91 Å². The summed E-state index contributed by atoms with van der Waals surface area (Å²) < 4.78 is 51.5. The molecule has 0 bridgehead atoms. The Morgan fingerprint density at radius 3 is 2.84 bits per heavy atom. The van der Waals surface area contributed by atoms with Crippen molar-refractivity contribution >= 4 is 17.0 Å². The molecule has 0 N–H and O–H groups in total. The molecule has 1 unspecified atom stereocenters. The van der Waals surface area contributed by atoms with Gasteiger partial charge in [0.15, 0.2) is 0 Å². The third kappa shape index (κ3) is 4.22. The lowest BCUT2D eigenvalue weighted by atomic mass is 9.91. The summed E-state index contributed by atoms with van der Waals surface area (Å²) >= 11 is 0. The number of aromatic nitrogens is 2. The standard InChI is InChI=1S/C22H22F3N3O3/c1-13-10-16(22(23,24)25)19-20(27-31-21(19)26-13)15-7-5-9-28(12-15)18(29)11-14-6-3-4-8-17(14)30-2/h3-4,6,8,10,15H,5,7,9,11-12H2,1-2H3. The fourth-order valence-electron chi connectivity index (χ4n) is 4.15. The van der Waals surface area contributed by atoms with Gasteiger partial charge in [-0.3, -0.25) is 4.79 Å². The van der Waals surface area contributed by atoms with E-state index in [4.69, 9.17) is 9.26 Å². The SMILES string of the molecule is COc1ccccc1CC(=O)N1CCCC(c2noc3nc(C)cc(C(F)(F)F)c23)C1. The van der Waals surface area contributed by atoms with Gasteiger partial charge in [-0.25, -0.2) is 4.98 Å². The second kappa shape index (κ2) is 8.20. The quantitative estimate of drug-likeness (QED) is 0.606. The van der Waals surface area contributed by atoms with Gasteiger partial charge in [-0.15, -0.1) is 0 Å². The van der Waals surface area contributed by atoms with Crippen LogP contribution in [0, 0.1) is 6.92 Å². The van der Waals surface area contributed by atoms with E-state index in [0.717, 1.165) is 11.6 Å². The van der Waals surface area contributed by atoms with Crippen molar-refractivity contribution in [3.8, 4) is 5.75 Å². The number of rotatable bonds is 4. The molecular formula is C22H22F3N3O3. The number of carbonyl (C=O) groups excluding carboxylic acids is 1. The van der Waals surface area contributed by atoms with E-state index in [1.165, 1.54) is 6.92 Å². The van der Waals surface area contributed by atoms with Gasteiger partial charge < -0.3 is 14.2 Å². The molecule has 4 rings (SSSR count). The van der Waals surface area contributed by atoms with Gasteiger partial charge in [0.25, 0.3) is 5.71 Å². The third-order valence-electron chi connectivity index (χ3n) is 5.60. The molecule has 1 aliphatic heterocycles. The molecule has 3 heterocycles. The number of pyridine rings is 1. The molecule has 0 saturated carbocycles. The van der Waals surface area contributed by atoms with Crippen molar-refractivity contribution < 1.29 is 27.2 Å². The minimum absolute atomic E-state index is 0.105. The largest absolute Gasteiger partial charge is 0.496 e. The highest BCUT2D eigenvalue weighted by Crippen LogP contribution is 2.40. The van der Waals surface area contributed by atoms with Crippen LogP contribution in [0.2, 0.25) is 0 Å². The van der Waals surface area contributed by atoms with E-state index in [0.29, 0.717) is 25.1 Å². The Labute approximate surface area is 177 Å². The van der Waals surface area contributed by atoms with Crippen LogP contribution in [0.1, 0.15) is 41.3 Å². The first kappa shape index (κ1) is 21.1. The van der Waals surface area contributed by atoms with E-state index in [1.54, 1.807) is 18.1 Å². The Bertz CT molecular complexity index is 1110. The maximum absolute atomic E-state index is 13.7. The van der Waals surface area contributed by atoms with Crippen LogP contribution in [0.3, 0.4) is 0 Å². The van der Waals surface area contributed by atoms with Crippen LogP contribution < -0.4 is 4.74 Å². The Kier molecular flexibility index (Phi) is 5.60. The van der Waals surface area contributed by atoms with E-state index in [9.17, 15) is 18.0 Å². The summed E-state index contributed by atoms with van der Waals surface area (Å²) in [5.74, 6) is 0.164. The van der Waals surface area contributed by atoms with E-state index in [1.807, 2.05) is 18.2 Å². The van der Waals surface area contributed by atoms with E-state index < -0.39 is 11.7 Å². The first-order chi connectivity index (χ1) is 14.8. The number of amides is 1. The molecule has 9 heteroatoms. The highest BCUT2D eigenvalue weighted by atomic mass is 19.4. The van der Waals surface area contributed by atoms with Gasteiger partial charge in [0.1, 0.15) is 5.75 Å². The number of aryl methyl sites for hydroxylation is 1. The summed E-state index contributed by atoms with van der Waals surface area (Å²) in [6.45, 7) is 2.31. The second-order valence-electron chi connectivity index (χ2n) is 7.72. The van der Waals surface area contributed by atoms with Gasteiger partial charge in [0.05, 0.1) is 30.2 Å². The Morgan fingerprint density at radius 2 is 2.10 bits per heavy atom. The third-order valence-corrected chi connectivity index (χ3v) is 5.60. The van der Waals surface area contributed by atoms with Crippen LogP contribution in [0.5, 0.6) is 5.75 Å². The molecule has 31 heavy (non-hydrogen) atoms. The van der Waals surface area contributed by atoms with Crippen LogP contribution in [0.4, 0.5) is 13.2 Å². The maximum Gasteiger partial charge on any atom is 0.417 e. The molecule has 1 amide bonds. The molecule has 1 aliphatic rings. The second-order valence-corrected chi connectivity index (χ2v) is 7.72. The Morgan fingerprint density at radius 1 is 1.32 bits per heavy atom. The number of methoxy groups -OCH3 is 1. The monoisotopic (exact) mass is 433 g/mol. The predicted octanol–water partition coefficient (Wildman–Crippen LogP) is 4.51. The molecular weight excluding hydrogens is 411 g/mol. The molecule has 6 nitrogen and oxygen atoms in total. The number of nitrogens with zero attached hydrogens (tertiary/aromatic N) is 3. The van der Waals surface area contributed by atoms with E-state index >= 15 is 0 Å². The van der Waals surface area contributed by atoms with Crippen molar-refractivity contribution in [2.24, 2.45) is 0 Å². The average Bonchev–Trinajstić information content (AvgIpc) is 3.16. The smallest absolute Gasteiger partial charge is 0.417 e. The van der Waals surface area contributed by atoms with Gasteiger partial charge in [-0.05, 0) is 31.9 Å². The number of hydrogen-bond acceptors (Lipinski definition) is 5. The molecule has 2 aromatic heterocycles. The summed E-state index contributed by atoms with van der Waals surface area (Å²) in [6, 6.07) is 8.28. The molecule has 3 aromatic rings. The minimum Gasteiger partial charge on any atom is -0.496 e. The molecule has 164 valence electrons. The Balaban J connectivity index is 1.60. The lowest BCUT2D eigenvalue weighted by molar-refractivity contribution is -0.136. The van der Waals surface area contributed by atoms with Crippen LogP contribution in [-0.2, 0) is 17.4 Å². The maximum atomic E-state index is 13.7. The number of hydrogen-bond donors (Lipinski definition) is 0. The number of ether oxygens (including phenoxy) is 1. The fourth-order valence-corrected chi connectivity index (χ4v) is 4.15. The molecule has 0 radical (unpaired) electrons. The van der Waals surface area contributed by atoms with Crippen molar-refractivity contribution in [2.45, 2.75) is 38.3 Å². The van der Waals surface area contributed by atoms with Crippen LogP contribution in [-0.4, -0.2) is 41.1 Å². The van der Waals surface area contributed by atoms with Crippen molar-refractivity contribution in [3.63, 3.8) is 0 Å². The summed E-state index contributed by atoms with van der Waals surface area (Å²) in [5, 5.41) is 3.83. The van der Waals surface area contributed by atoms with Crippen LogP contribution >= 0.6 is 0 Å². The number of carbonyl (C=O) groups is 1. The number of alkyl halides is 3. The summed E-state index contributed by atoms with van der Waals surface area (Å²) in [4.78, 5) is 18.7. The van der Waals surface area contributed by atoms with Gasteiger partial charge >= 0.3 is 6.18 Å². The highest BCUT2D eigenvalue weighted by molar-refractivity contribution is 5.82. The lowest BCUT2D eigenvalue weighted by Crippen LogP contribution is -2.40. The van der Waals surface area contributed by atoms with Crippen LogP contribution in [0.25, 0.3) is 11.1 Å². The summed E-state index contributed by atoms with van der Waals surface area (Å²) in [5.41, 5.74) is 0.260. The van der Waals surface area contributed by atoms with Crippen molar-refractivity contribution in [2.75, 3.05) is 20.2 Å². The van der Waals surface area contributed by atoms with Gasteiger partial charge in [-0.1, -0.05) is 23.4 Å². The topological polar surface area (TPSA) is 68.5 Å². The molecule has 1 atom stereocenters. The number of para-hydroxylation sites is 1. The van der Waals surface area contributed by atoms with Crippen molar-refractivity contribution in [1.82, 2.24) is 15.0 Å². The highest BCUT2D eigenvalue weighted by Gasteiger charge is 2.38. The Hall–Kier alpha value is -3.10. The lowest BCUT2D eigenvalue weighted by Gasteiger charge is -2.32. The summed E-state index contributed by atoms with van der Waals surface area (Å²) in [7, 11) is 1.55. The van der Waals surface area contributed by atoms with E-state index in [2.05, 4.69) is 10.1 Å². The molecule has 1 saturated heterocycles. The molecule has 0 spiro atoms. The van der Waals surface area contributed by atoms with Gasteiger partial charge in [0, 0.05) is 30.3 Å². The minimum atomic E-state index is -4.56. The fraction of sp³-hybridized carbons (Fsp3) is 0.409. The van der Waals surface area contributed by atoms with Crippen molar-refractivity contribution in [1.29, 1.82) is 0 Å².